The third-order valence-electron chi connectivity index (χ3n) is 5.60. The van der Waals surface area contributed by atoms with Crippen LogP contribution in [0, 0.1) is 11.7 Å². The molecule has 0 aromatic carbocycles. The van der Waals surface area contributed by atoms with Gasteiger partial charge in [-0.1, -0.05) is 0 Å². The molecule has 1 fully saturated rings. The summed E-state index contributed by atoms with van der Waals surface area (Å²) < 4.78 is 17.0. The number of nitrogens with zero attached hydrogens (tertiary/aromatic N) is 5. The molecule has 0 amide bonds. The third-order valence-corrected chi connectivity index (χ3v) is 5.60. The summed E-state index contributed by atoms with van der Waals surface area (Å²) in [5.41, 5.74) is 2.04. The van der Waals surface area contributed by atoms with Crippen LogP contribution in [0.5, 0.6) is 0 Å². The van der Waals surface area contributed by atoms with Crippen molar-refractivity contribution in [1.82, 2.24) is 28.9 Å². The highest BCUT2D eigenvalue weighted by Gasteiger charge is 2.25. The van der Waals surface area contributed by atoms with E-state index in [9.17, 15) is 14.3 Å². The Balaban J connectivity index is 1.61. The molecule has 4 heterocycles. The van der Waals surface area contributed by atoms with Gasteiger partial charge < -0.3 is 10.1 Å². The highest BCUT2D eigenvalue weighted by atomic mass is 19.1. The van der Waals surface area contributed by atoms with E-state index in [-0.39, 0.29) is 24.2 Å². The minimum Gasteiger partial charge on any atom is -0.396 e. The lowest BCUT2D eigenvalue weighted by Gasteiger charge is -2.27. The Morgan fingerprint density at radius 1 is 1.18 bits per heavy atom. The van der Waals surface area contributed by atoms with Gasteiger partial charge in [-0.05, 0) is 43.7 Å². The van der Waals surface area contributed by atoms with Gasteiger partial charge in [0.05, 0.1) is 12.4 Å². The minimum atomic E-state index is -0.382. The van der Waals surface area contributed by atoms with Gasteiger partial charge in [0.1, 0.15) is 22.7 Å². The summed E-state index contributed by atoms with van der Waals surface area (Å²) in [6, 6.07) is 2.97. The maximum atomic E-state index is 13.7. The van der Waals surface area contributed by atoms with Crippen LogP contribution >= 0.6 is 0 Å². The maximum absolute atomic E-state index is 13.7. The average Bonchev–Trinajstić information content (AvgIpc) is 3.27. The fourth-order valence-electron chi connectivity index (χ4n) is 4.08. The first-order valence-electron chi connectivity index (χ1n) is 9.35. The Morgan fingerprint density at radius 2 is 2.00 bits per heavy atom. The van der Waals surface area contributed by atoms with Crippen LogP contribution in [0.1, 0.15) is 31.7 Å². The van der Waals surface area contributed by atoms with E-state index in [1.807, 2.05) is 0 Å². The van der Waals surface area contributed by atoms with Gasteiger partial charge in [-0.2, -0.15) is 0 Å². The number of halogens is 1. The number of H-pyrrole nitrogens is 1. The number of nitrogens with one attached hydrogen (secondary N) is 1. The van der Waals surface area contributed by atoms with Crippen molar-refractivity contribution in [3.05, 3.63) is 47.0 Å². The van der Waals surface area contributed by atoms with Crippen LogP contribution in [0.25, 0.3) is 28.3 Å². The lowest BCUT2D eigenvalue weighted by molar-refractivity contribution is 0.169. The van der Waals surface area contributed by atoms with Gasteiger partial charge in [0.15, 0.2) is 11.5 Å². The van der Waals surface area contributed by atoms with Gasteiger partial charge in [-0.25, -0.2) is 24.1 Å². The number of hydrogen-bond donors (Lipinski definition) is 2. The molecule has 28 heavy (non-hydrogen) atoms. The number of fused-ring (bicyclic) bond motifs is 2. The topological polar surface area (TPSA) is 101 Å². The first-order chi connectivity index (χ1) is 13.6. The highest BCUT2D eigenvalue weighted by molar-refractivity contribution is 5.72. The van der Waals surface area contributed by atoms with E-state index in [0.717, 1.165) is 25.7 Å². The number of aliphatic hydroxyl groups is 1. The van der Waals surface area contributed by atoms with E-state index in [4.69, 9.17) is 0 Å². The van der Waals surface area contributed by atoms with Crippen molar-refractivity contribution in [1.29, 1.82) is 0 Å². The zero-order valence-electron chi connectivity index (χ0n) is 15.0. The largest absolute Gasteiger partial charge is 0.396 e. The molecule has 8 nitrogen and oxygen atoms in total. The first kappa shape index (κ1) is 17.1. The molecule has 1 aliphatic carbocycles. The van der Waals surface area contributed by atoms with Crippen molar-refractivity contribution in [2.75, 3.05) is 6.61 Å². The quantitative estimate of drug-likeness (QED) is 0.566. The summed E-state index contributed by atoms with van der Waals surface area (Å²) in [6.07, 6.45) is 7.91. The van der Waals surface area contributed by atoms with Crippen molar-refractivity contribution in [3.63, 3.8) is 0 Å². The predicted molar refractivity (Wildman–Crippen MR) is 100 cm³/mol. The number of imidazole rings is 2. The number of pyridine rings is 1. The van der Waals surface area contributed by atoms with E-state index >= 15 is 0 Å². The molecule has 144 valence electrons. The summed E-state index contributed by atoms with van der Waals surface area (Å²) in [5, 5.41) is 9.35. The van der Waals surface area contributed by atoms with Gasteiger partial charge in [-0.15, -0.1) is 0 Å². The van der Waals surface area contributed by atoms with Crippen molar-refractivity contribution in [3.8, 4) is 11.5 Å². The van der Waals surface area contributed by atoms with Crippen molar-refractivity contribution >= 4 is 16.8 Å². The Kier molecular flexibility index (Phi) is 3.97. The van der Waals surface area contributed by atoms with E-state index in [2.05, 4.69) is 19.9 Å². The fraction of sp³-hybridized carbons (Fsp3) is 0.368. The molecule has 0 saturated heterocycles. The molecule has 0 radical (unpaired) electrons. The SMILES string of the molecule is O=c1[nH]c2cnc(-c3cnc4ccc(F)cn34)nc2n1C1CCC(CO)CC1. The second-order valence-electron chi connectivity index (χ2n) is 7.31. The van der Waals surface area contributed by atoms with E-state index in [0.29, 0.717) is 34.2 Å². The number of rotatable bonds is 3. The zero-order chi connectivity index (χ0) is 19.3. The molecule has 0 bridgehead atoms. The van der Waals surface area contributed by atoms with Gasteiger partial charge in [0, 0.05) is 18.8 Å². The normalized spacial score (nSPS) is 20.2. The van der Waals surface area contributed by atoms with Crippen LogP contribution in [-0.4, -0.2) is 40.6 Å². The molecule has 0 atom stereocenters. The molecular formula is C19H19FN6O2. The molecule has 1 aliphatic rings. The van der Waals surface area contributed by atoms with Gasteiger partial charge >= 0.3 is 5.69 Å². The smallest absolute Gasteiger partial charge is 0.327 e. The monoisotopic (exact) mass is 382 g/mol. The molecule has 0 unspecified atom stereocenters. The molecule has 2 N–H and O–H groups in total. The predicted octanol–water partition coefficient (Wildman–Crippen LogP) is 2.30. The number of aromatic nitrogens is 6. The Labute approximate surface area is 158 Å². The summed E-state index contributed by atoms with van der Waals surface area (Å²) >= 11 is 0. The zero-order valence-corrected chi connectivity index (χ0v) is 15.0. The lowest BCUT2D eigenvalue weighted by Crippen LogP contribution is -2.27. The lowest BCUT2D eigenvalue weighted by atomic mass is 9.86. The molecule has 1 saturated carbocycles. The van der Waals surface area contributed by atoms with Crippen LogP contribution in [0.4, 0.5) is 4.39 Å². The third kappa shape index (κ3) is 2.70. The summed E-state index contributed by atoms with van der Waals surface area (Å²) in [6.45, 7) is 0.187. The molecule has 5 rings (SSSR count). The molecule has 9 heteroatoms. The second kappa shape index (κ2) is 6.52. The van der Waals surface area contributed by atoms with Crippen LogP contribution in [0.15, 0.2) is 35.5 Å². The first-order valence-corrected chi connectivity index (χ1v) is 9.35. The number of aliphatic hydroxyl groups excluding tert-OH is 1. The van der Waals surface area contributed by atoms with Crippen LogP contribution in [-0.2, 0) is 0 Å². The minimum absolute atomic E-state index is 0.0337. The summed E-state index contributed by atoms with van der Waals surface area (Å²) in [5.74, 6) is 0.296. The molecule has 0 aliphatic heterocycles. The Morgan fingerprint density at radius 3 is 2.79 bits per heavy atom. The average molecular weight is 382 g/mol. The molecular weight excluding hydrogens is 363 g/mol. The van der Waals surface area contributed by atoms with Gasteiger partial charge in [0.2, 0.25) is 0 Å². The van der Waals surface area contributed by atoms with E-state index in [1.54, 1.807) is 27.4 Å². The van der Waals surface area contributed by atoms with Crippen LogP contribution in [0.2, 0.25) is 0 Å². The standard InChI is InChI=1S/C19H19FN6O2/c20-12-3-6-16-21-8-15(25(16)9-12)17-22-7-14-18(24-17)26(19(28)23-14)13-4-1-11(10-27)2-5-13/h3,6-9,11,13,27H,1-2,4-5,10H2,(H,23,28). The molecule has 0 spiro atoms. The number of hydrogen-bond acceptors (Lipinski definition) is 5. The Hall–Kier alpha value is -3.07. The van der Waals surface area contributed by atoms with Crippen molar-refractivity contribution in [2.24, 2.45) is 5.92 Å². The van der Waals surface area contributed by atoms with Gasteiger partial charge in [0.25, 0.3) is 0 Å². The summed E-state index contributed by atoms with van der Waals surface area (Å²) in [4.78, 5) is 28.6. The van der Waals surface area contributed by atoms with Crippen molar-refractivity contribution < 1.29 is 9.50 Å². The van der Waals surface area contributed by atoms with Gasteiger partial charge in [-0.3, -0.25) is 8.97 Å². The van der Waals surface area contributed by atoms with Crippen LogP contribution in [0.3, 0.4) is 0 Å². The van der Waals surface area contributed by atoms with E-state index < -0.39 is 0 Å². The van der Waals surface area contributed by atoms with Crippen molar-refractivity contribution in [2.45, 2.75) is 31.7 Å². The summed E-state index contributed by atoms with van der Waals surface area (Å²) in [7, 11) is 0. The molecule has 4 aromatic heterocycles. The number of aromatic amines is 1. The van der Waals surface area contributed by atoms with E-state index in [1.165, 1.54) is 12.3 Å². The Bertz CT molecular complexity index is 1220. The van der Waals surface area contributed by atoms with Crippen LogP contribution < -0.4 is 5.69 Å². The molecule has 4 aromatic rings. The fourth-order valence-corrected chi connectivity index (χ4v) is 4.08. The highest BCUT2D eigenvalue weighted by Crippen LogP contribution is 2.32. The second-order valence-corrected chi connectivity index (χ2v) is 7.31. The maximum Gasteiger partial charge on any atom is 0.327 e.